The molecule has 1 heterocycles. The van der Waals surface area contributed by atoms with E-state index < -0.39 is 11.6 Å². The van der Waals surface area contributed by atoms with Gasteiger partial charge in [0.2, 0.25) is 0 Å². The lowest BCUT2D eigenvalue weighted by Gasteiger charge is -2.35. The summed E-state index contributed by atoms with van der Waals surface area (Å²) in [6, 6.07) is 15.1. The monoisotopic (exact) mass is 469 g/mol. The summed E-state index contributed by atoms with van der Waals surface area (Å²) in [6.45, 7) is 7.52. The highest BCUT2D eigenvalue weighted by Crippen LogP contribution is 2.27. The van der Waals surface area contributed by atoms with E-state index in [1.807, 2.05) is 63.2 Å². The molecule has 3 rings (SSSR count). The molecule has 7 nitrogen and oxygen atoms in total. The molecule has 1 aliphatic heterocycles. The van der Waals surface area contributed by atoms with Crippen molar-refractivity contribution >= 4 is 11.9 Å². The first-order valence-corrected chi connectivity index (χ1v) is 11.7. The highest BCUT2D eigenvalue weighted by Gasteiger charge is 2.33. The summed E-state index contributed by atoms with van der Waals surface area (Å²) >= 11 is 0. The molecule has 1 unspecified atom stereocenters. The zero-order valence-corrected chi connectivity index (χ0v) is 20.5. The lowest BCUT2D eigenvalue weighted by Crippen LogP contribution is -2.48. The predicted molar refractivity (Wildman–Crippen MR) is 129 cm³/mol. The number of methoxy groups -OCH3 is 1. The quantitative estimate of drug-likeness (QED) is 0.365. The Morgan fingerprint density at radius 2 is 1.85 bits per heavy atom. The van der Waals surface area contributed by atoms with E-state index in [1.165, 1.54) is 0 Å². The molecular weight excluding hydrogens is 434 g/mol. The molecular formula is C27H35NO6. The third kappa shape index (κ3) is 7.57. The maximum Gasteiger partial charge on any atom is 0.308 e. The van der Waals surface area contributed by atoms with E-state index in [4.69, 9.17) is 18.9 Å². The second-order valence-electron chi connectivity index (χ2n) is 9.35. The van der Waals surface area contributed by atoms with Crippen LogP contribution in [0.2, 0.25) is 0 Å². The lowest BCUT2D eigenvalue weighted by molar-refractivity contribution is -0.156. The number of ether oxygens (including phenoxy) is 4. The molecule has 1 atom stereocenters. The van der Waals surface area contributed by atoms with Gasteiger partial charge in [0.1, 0.15) is 18.0 Å². The van der Waals surface area contributed by atoms with Gasteiger partial charge in [-0.25, -0.2) is 0 Å². The van der Waals surface area contributed by atoms with Gasteiger partial charge in [0.25, 0.3) is 5.91 Å². The van der Waals surface area contributed by atoms with Gasteiger partial charge in [-0.15, -0.1) is 0 Å². The number of esters is 1. The summed E-state index contributed by atoms with van der Waals surface area (Å²) in [5, 5.41) is 0. The summed E-state index contributed by atoms with van der Waals surface area (Å²) in [6.07, 6.45) is 0.746. The highest BCUT2D eigenvalue weighted by atomic mass is 16.6. The summed E-state index contributed by atoms with van der Waals surface area (Å²) in [5.41, 5.74) is 2.07. The van der Waals surface area contributed by atoms with Gasteiger partial charge in [-0.2, -0.15) is 0 Å². The van der Waals surface area contributed by atoms with E-state index in [9.17, 15) is 9.59 Å². The van der Waals surface area contributed by atoms with E-state index in [2.05, 4.69) is 0 Å². The van der Waals surface area contributed by atoms with E-state index in [-0.39, 0.29) is 24.9 Å². The topological polar surface area (TPSA) is 74.3 Å². The molecule has 7 heteroatoms. The van der Waals surface area contributed by atoms with Crippen molar-refractivity contribution in [2.45, 2.75) is 51.9 Å². The minimum absolute atomic E-state index is 0.0730. The van der Waals surface area contributed by atoms with Crippen LogP contribution < -0.4 is 4.74 Å². The first-order chi connectivity index (χ1) is 16.3. The van der Waals surface area contributed by atoms with E-state index in [0.717, 1.165) is 16.9 Å². The fourth-order valence-corrected chi connectivity index (χ4v) is 3.86. The Labute approximate surface area is 201 Å². The molecule has 0 N–H and O–H groups in total. The highest BCUT2D eigenvalue weighted by molar-refractivity contribution is 5.97. The van der Waals surface area contributed by atoms with Gasteiger partial charge in [-0.3, -0.25) is 9.59 Å². The molecule has 2 aromatic carbocycles. The SMILES string of the molecule is COCCOCC(CC(=O)OC(C)(C)C)N1CCc2cc(OCc3ccccc3)ccc2C1=O. The minimum atomic E-state index is -0.590. The number of hydrogen-bond acceptors (Lipinski definition) is 6. The normalized spacial score (nSPS) is 14.5. The Balaban J connectivity index is 1.69. The fourth-order valence-electron chi connectivity index (χ4n) is 3.86. The maximum atomic E-state index is 13.4. The standard InChI is InChI=1S/C27H35NO6/c1-27(2,3)34-25(29)17-22(19-32-15-14-31-4)28-13-12-21-16-23(10-11-24(21)26(28)30)33-18-20-8-6-5-7-9-20/h5-11,16,22H,12-15,17-19H2,1-4H3. The van der Waals surface area contributed by atoms with E-state index in [1.54, 1.807) is 18.1 Å². The largest absolute Gasteiger partial charge is 0.489 e. The number of nitrogens with zero attached hydrogens (tertiary/aromatic N) is 1. The number of carbonyl (C=O) groups excluding carboxylic acids is 2. The van der Waals surface area contributed by atoms with Crippen molar-refractivity contribution in [3.05, 3.63) is 65.2 Å². The Bertz CT molecular complexity index is 953. The van der Waals surface area contributed by atoms with Crippen molar-refractivity contribution < 1.29 is 28.5 Å². The van der Waals surface area contributed by atoms with E-state index >= 15 is 0 Å². The average Bonchev–Trinajstić information content (AvgIpc) is 2.79. The zero-order chi connectivity index (χ0) is 24.6. The van der Waals surface area contributed by atoms with Crippen LogP contribution >= 0.6 is 0 Å². The summed E-state index contributed by atoms with van der Waals surface area (Å²) in [5.74, 6) is 0.271. The summed E-state index contributed by atoms with van der Waals surface area (Å²) in [4.78, 5) is 27.6. The maximum absolute atomic E-state index is 13.4. The number of benzene rings is 2. The number of carbonyl (C=O) groups is 2. The Hall–Kier alpha value is -2.90. The molecule has 34 heavy (non-hydrogen) atoms. The molecule has 0 aliphatic carbocycles. The van der Waals surface area contributed by atoms with Crippen molar-refractivity contribution in [1.29, 1.82) is 0 Å². The second kappa shape index (κ2) is 12.0. The van der Waals surface area contributed by atoms with Crippen LogP contribution in [0.15, 0.2) is 48.5 Å². The predicted octanol–water partition coefficient (Wildman–Crippen LogP) is 4.03. The molecule has 1 amide bonds. The average molecular weight is 470 g/mol. The van der Waals surface area contributed by atoms with Gasteiger partial charge >= 0.3 is 5.97 Å². The van der Waals surface area contributed by atoms with Crippen molar-refractivity contribution in [2.75, 3.05) is 33.5 Å². The Kier molecular flexibility index (Phi) is 9.07. The fraction of sp³-hybridized carbons (Fsp3) is 0.481. The van der Waals surface area contributed by atoms with Crippen molar-refractivity contribution in [3.63, 3.8) is 0 Å². The Morgan fingerprint density at radius 3 is 2.56 bits per heavy atom. The molecule has 0 aromatic heterocycles. The molecule has 184 valence electrons. The van der Waals surface area contributed by atoms with Crippen LogP contribution in [-0.4, -0.2) is 61.9 Å². The third-order valence-corrected chi connectivity index (χ3v) is 5.44. The van der Waals surface area contributed by atoms with Gasteiger partial charge in [-0.05, 0) is 56.5 Å². The molecule has 1 aliphatic rings. The van der Waals surface area contributed by atoms with Gasteiger partial charge < -0.3 is 23.8 Å². The number of amides is 1. The number of fused-ring (bicyclic) bond motifs is 1. The molecule has 0 bridgehead atoms. The van der Waals surface area contributed by atoms with Crippen LogP contribution in [0.1, 0.15) is 48.7 Å². The smallest absolute Gasteiger partial charge is 0.308 e. The lowest BCUT2D eigenvalue weighted by atomic mass is 9.96. The van der Waals surface area contributed by atoms with Gasteiger partial charge in [0.05, 0.1) is 32.3 Å². The third-order valence-electron chi connectivity index (χ3n) is 5.44. The van der Waals surface area contributed by atoms with Gasteiger partial charge in [0, 0.05) is 19.2 Å². The second-order valence-corrected chi connectivity index (χ2v) is 9.35. The van der Waals surface area contributed by atoms with Gasteiger partial charge in [-0.1, -0.05) is 30.3 Å². The van der Waals surface area contributed by atoms with Crippen LogP contribution in [-0.2, 0) is 32.0 Å². The summed E-state index contributed by atoms with van der Waals surface area (Å²) in [7, 11) is 1.60. The molecule has 0 spiro atoms. The van der Waals surface area contributed by atoms with Crippen LogP contribution in [0.25, 0.3) is 0 Å². The molecule has 0 saturated heterocycles. The molecule has 0 fully saturated rings. The van der Waals surface area contributed by atoms with Crippen molar-refractivity contribution in [2.24, 2.45) is 0 Å². The van der Waals surface area contributed by atoms with E-state index in [0.29, 0.717) is 38.3 Å². The Morgan fingerprint density at radius 1 is 1.09 bits per heavy atom. The number of hydrogen-bond donors (Lipinski definition) is 0. The zero-order valence-electron chi connectivity index (χ0n) is 20.5. The van der Waals surface area contributed by atoms with Crippen LogP contribution in [0, 0.1) is 0 Å². The molecule has 0 radical (unpaired) electrons. The molecule has 2 aromatic rings. The van der Waals surface area contributed by atoms with Crippen molar-refractivity contribution in [1.82, 2.24) is 4.90 Å². The van der Waals surface area contributed by atoms with Crippen molar-refractivity contribution in [3.8, 4) is 5.75 Å². The first kappa shape index (κ1) is 25.7. The minimum Gasteiger partial charge on any atom is -0.489 e. The van der Waals surface area contributed by atoms with Gasteiger partial charge in [0.15, 0.2) is 0 Å². The molecule has 0 saturated carbocycles. The number of rotatable bonds is 11. The van der Waals surface area contributed by atoms with Crippen LogP contribution in [0.5, 0.6) is 5.75 Å². The van der Waals surface area contributed by atoms with Crippen LogP contribution in [0.3, 0.4) is 0 Å². The van der Waals surface area contributed by atoms with Crippen LogP contribution in [0.4, 0.5) is 0 Å². The summed E-state index contributed by atoms with van der Waals surface area (Å²) < 4.78 is 22.2. The first-order valence-electron chi connectivity index (χ1n) is 11.7.